The Morgan fingerprint density at radius 3 is 2.83 bits per heavy atom. The van der Waals surface area contributed by atoms with Crippen LogP contribution in [-0.2, 0) is 13.0 Å². The van der Waals surface area contributed by atoms with E-state index >= 15 is 0 Å². The molecule has 0 spiro atoms. The molecule has 0 radical (unpaired) electrons. The number of aromatic nitrogens is 2. The number of benzene rings is 1. The number of anilines is 1. The van der Waals surface area contributed by atoms with Crippen molar-refractivity contribution in [2.45, 2.75) is 45.3 Å². The van der Waals surface area contributed by atoms with Crippen LogP contribution in [-0.4, -0.2) is 20.7 Å². The Morgan fingerprint density at radius 2 is 2.07 bits per heavy atom. The molecule has 30 heavy (non-hydrogen) atoms. The second-order valence-corrected chi connectivity index (χ2v) is 9.29. The van der Waals surface area contributed by atoms with Gasteiger partial charge in [-0.05, 0) is 56.4 Å². The minimum absolute atomic E-state index is 0.350. The summed E-state index contributed by atoms with van der Waals surface area (Å²) in [7, 11) is 0. The molecule has 0 bridgehead atoms. The number of nitrogens with two attached hydrogens (primary N) is 1. The van der Waals surface area contributed by atoms with Crippen LogP contribution in [0.15, 0.2) is 42.7 Å². The molecule has 0 saturated heterocycles. The van der Waals surface area contributed by atoms with Crippen molar-refractivity contribution < 1.29 is 9.84 Å². The number of hydrogen-bond acceptors (Lipinski definition) is 6. The largest absolute Gasteiger partial charge is 0.485 e. The van der Waals surface area contributed by atoms with Gasteiger partial charge in [0.2, 0.25) is 0 Å². The molecule has 2 aromatic heterocycles. The quantitative estimate of drug-likeness (QED) is 0.577. The lowest BCUT2D eigenvalue weighted by Gasteiger charge is -2.10. The van der Waals surface area contributed by atoms with Gasteiger partial charge in [-0.1, -0.05) is 24.0 Å². The van der Waals surface area contributed by atoms with E-state index in [4.69, 9.17) is 10.5 Å². The zero-order valence-corrected chi connectivity index (χ0v) is 18.0. The predicted molar refractivity (Wildman–Crippen MR) is 120 cm³/mol. The van der Waals surface area contributed by atoms with E-state index in [2.05, 4.69) is 21.8 Å². The van der Waals surface area contributed by atoms with Gasteiger partial charge in [0.15, 0.2) is 11.6 Å². The summed E-state index contributed by atoms with van der Waals surface area (Å²) >= 11 is 1.71. The van der Waals surface area contributed by atoms with Crippen LogP contribution in [0.4, 0.5) is 5.82 Å². The summed E-state index contributed by atoms with van der Waals surface area (Å²) in [5.74, 6) is 7.54. The lowest BCUT2D eigenvalue weighted by Crippen LogP contribution is -2.14. The first-order chi connectivity index (χ1) is 14.4. The van der Waals surface area contributed by atoms with E-state index in [1.807, 2.05) is 36.5 Å². The van der Waals surface area contributed by atoms with Gasteiger partial charge in [0.1, 0.15) is 12.2 Å². The van der Waals surface area contributed by atoms with Gasteiger partial charge in [0.25, 0.3) is 0 Å². The molecule has 1 aliphatic carbocycles. The maximum absolute atomic E-state index is 9.78. The van der Waals surface area contributed by atoms with Crippen molar-refractivity contribution in [1.82, 2.24) is 9.97 Å². The molecule has 6 heteroatoms. The summed E-state index contributed by atoms with van der Waals surface area (Å²) < 4.78 is 5.97. The van der Waals surface area contributed by atoms with E-state index in [0.29, 0.717) is 18.2 Å². The van der Waals surface area contributed by atoms with Crippen LogP contribution in [0.5, 0.6) is 5.75 Å². The van der Waals surface area contributed by atoms with Crippen molar-refractivity contribution in [3.05, 3.63) is 58.9 Å². The number of hydrogen-bond donors (Lipinski definition) is 2. The molecule has 0 amide bonds. The van der Waals surface area contributed by atoms with Crippen molar-refractivity contribution >= 4 is 17.2 Å². The molecule has 0 aliphatic heterocycles. The number of pyridine rings is 1. The topological polar surface area (TPSA) is 81.3 Å². The first kappa shape index (κ1) is 20.4. The minimum Gasteiger partial charge on any atom is -0.485 e. The maximum Gasteiger partial charge on any atom is 0.166 e. The molecular formula is C24H25N3O2S. The first-order valence-electron chi connectivity index (χ1n) is 10.0. The zero-order valence-electron chi connectivity index (χ0n) is 17.2. The summed E-state index contributed by atoms with van der Waals surface area (Å²) in [4.78, 5) is 9.93. The number of nitrogen functional groups attached to an aromatic ring is 1. The predicted octanol–water partition coefficient (Wildman–Crippen LogP) is 4.44. The Bertz CT molecular complexity index is 1100. The van der Waals surface area contributed by atoms with Crippen molar-refractivity contribution in [2.75, 3.05) is 5.73 Å². The van der Waals surface area contributed by atoms with Gasteiger partial charge in [-0.15, -0.1) is 11.3 Å². The molecule has 0 atom stereocenters. The van der Waals surface area contributed by atoms with Crippen molar-refractivity contribution in [1.29, 1.82) is 0 Å². The molecule has 2 heterocycles. The Balaban J connectivity index is 1.46. The third-order valence-corrected chi connectivity index (χ3v) is 5.78. The van der Waals surface area contributed by atoms with Crippen LogP contribution in [0.1, 0.15) is 42.8 Å². The molecule has 154 valence electrons. The number of ether oxygens (including phenoxy) is 1. The first-order valence-corrected chi connectivity index (χ1v) is 10.9. The molecule has 1 aromatic carbocycles. The zero-order chi connectivity index (χ0) is 21.1. The molecule has 4 rings (SSSR count). The molecule has 3 aromatic rings. The standard InChI is InChI=1S/C24H25N3O2S/c1-24(2,28)9-8-16-4-3-5-18(10-16)15-29-20-12-19(13-27-23(20)25)21-14-26-22(30-21)11-17-6-7-17/h3-5,10,12-14,17,28H,6-7,11,15H2,1-2H3,(H2,25,27). The molecular weight excluding hydrogens is 394 g/mol. The normalized spacial score (nSPS) is 13.6. The average Bonchev–Trinajstić information content (AvgIpc) is 3.40. The molecule has 1 fully saturated rings. The van der Waals surface area contributed by atoms with Crippen LogP contribution in [0.25, 0.3) is 10.4 Å². The van der Waals surface area contributed by atoms with E-state index in [-0.39, 0.29) is 0 Å². The highest BCUT2D eigenvalue weighted by Crippen LogP contribution is 2.36. The average molecular weight is 420 g/mol. The lowest BCUT2D eigenvalue weighted by atomic mass is 10.1. The fourth-order valence-corrected chi connectivity index (χ4v) is 3.95. The number of nitrogens with zero attached hydrogens (tertiary/aromatic N) is 2. The van der Waals surface area contributed by atoms with Crippen LogP contribution >= 0.6 is 11.3 Å². The highest BCUT2D eigenvalue weighted by atomic mass is 32.1. The summed E-state index contributed by atoms with van der Waals surface area (Å²) in [6.45, 7) is 3.67. The van der Waals surface area contributed by atoms with E-state index in [1.165, 1.54) is 17.8 Å². The Labute approximate surface area is 181 Å². The highest BCUT2D eigenvalue weighted by molar-refractivity contribution is 7.15. The van der Waals surface area contributed by atoms with Crippen LogP contribution in [0.2, 0.25) is 0 Å². The summed E-state index contributed by atoms with van der Waals surface area (Å²) in [6, 6.07) is 9.66. The second-order valence-electron chi connectivity index (χ2n) is 8.17. The van der Waals surface area contributed by atoms with E-state index < -0.39 is 5.60 Å². The molecule has 1 saturated carbocycles. The fraction of sp³-hybridized carbons (Fsp3) is 0.333. The van der Waals surface area contributed by atoms with Gasteiger partial charge in [-0.25, -0.2) is 9.97 Å². The Hall–Kier alpha value is -2.88. The summed E-state index contributed by atoms with van der Waals surface area (Å²) in [5.41, 5.74) is 7.76. The third-order valence-electron chi connectivity index (χ3n) is 4.71. The SMILES string of the molecule is CC(C)(O)C#Cc1cccc(COc2cc(-c3cnc(CC4CC4)s3)cnc2N)c1. The smallest absolute Gasteiger partial charge is 0.166 e. The number of thiazole rings is 1. The Kier molecular flexibility index (Phi) is 5.76. The summed E-state index contributed by atoms with van der Waals surface area (Å²) in [5, 5.41) is 11.0. The van der Waals surface area contributed by atoms with Gasteiger partial charge in [-0.2, -0.15) is 0 Å². The van der Waals surface area contributed by atoms with E-state index in [1.54, 1.807) is 31.4 Å². The van der Waals surface area contributed by atoms with Crippen LogP contribution < -0.4 is 10.5 Å². The van der Waals surface area contributed by atoms with Crippen LogP contribution in [0.3, 0.4) is 0 Å². The van der Waals surface area contributed by atoms with Crippen molar-refractivity contribution in [3.8, 4) is 28.0 Å². The highest BCUT2D eigenvalue weighted by Gasteiger charge is 2.23. The number of aliphatic hydroxyl groups is 1. The van der Waals surface area contributed by atoms with Gasteiger partial charge >= 0.3 is 0 Å². The number of rotatable bonds is 6. The van der Waals surface area contributed by atoms with Gasteiger partial charge in [0, 0.05) is 29.9 Å². The Morgan fingerprint density at radius 1 is 1.23 bits per heavy atom. The minimum atomic E-state index is -1.03. The second kappa shape index (κ2) is 8.47. The monoisotopic (exact) mass is 419 g/mol. The third kappa shape index (κ3) is 5.59. The van der Waals surface area contributed by atoms with Gasteiger partial charge in [0.05, 0.1) is 9.88 Å². The van der Waals surface area contributed by atoms with Gasteiger partial charge < -0.3 is 15.6 Å². The fourth-order valence-electron chi connectivity index (χ4n) is 2.94. The molecule has 1 aliphatic rings. The van der Waals surface area contributed by atoms with E-state index in [9.17, 15) is 5.11 Å². The van der Waals surface area contributed by atoms with Gasteiger partial charge in [-0.3, -0.25) is 0 Å². The lowest BCUT2D eigenvalue weighted by molar-refractivity contribution is 0.143. The maximum atomic E-state index is 9.78. The molecule has 3 N–H and O–H groups in total. The van der Waals surface area contributed by atoms with E-state index in [0.717, 1.165) is 33.9 Å². The summed E-state index contributed by atoms with van der Waals surface area (Å²) in [6.07, 6.45) is 7.39. The molecule has 5 nitrogen and oxygen atoms in total. The van der Waals surface area contributed by atoms with Crippen molar-refractivity contribution in [2.24, 2.45) is 5.92 Å². The van der Waals surface area contributed by atoms with Crippen LogP contribution in [0, 0.1) is 17.8 Å². The van der Waals surface area contributed by atoms with Crippen molar-refractivity contribution in [3.63, 3.8) is 0 Å². The molecule has 0 unspecified atom stereocenters.